The fourth-order valence-corrected chi connectivity index (χ4v) is 5.81. The molecule has 1 unspecified atom stereocenters. The van der Waals surface area contributed by atoms with Crippen molar-refractivity contribution in [2.75, 3.05) is 37.4 Å². The Labute approximate surface area is 282 Å². The van der Waals surface area contributed by atoms with Gasteiger partial charge in [-0.1, -0.05) is 32.4 Å². The van der Waals surface area contributed by atoms with Crippen LogP contribution < -0.4 is 26.0 Å². The summed E-state index contributed by atoms with van der Waals surface area (Å²) >= 11 is 5.79. The summed E-state index contributed by atoms with van der Waals surface area (Å²) in [6.45, 7) is 8.50. The highest BCUT2D eigenvalue weighted by Crippen LogP contribution is 2.36. The van der Waals surface area contributed by atoms with Crippen molar-refractivity contribution < 1.29 is 32.6 Å². The van der Waals surface area contributed by atoms with E-state index in [-0.39, 0.29) is 35.1 Å². The third-order valence-corrected chi connectivity index (χ3v) is 8.88. The van der Waals surface area contributed by atoms with Crippen molar-refractivity contribution >= 4 is 57.4 Å². The molecule has 0 saturated carbocycles. The van der Waals surface area contributed by atoms with Crippen molar-refractivity contribution in [3.8, 4) is 5.75 Å². The number of amides is 3. The summed E-state index contributed by atoms with van der Waals surface area (Å²) in [6.07, 6.45) is 2.65. The zero-order valence-electron chi connectivity index (χ0n) is 27.5. The smallest absolute Gasteiger partial charge is 0.247 e. The number of rotatable bonds is 10. The maximum absolute atomic E-state index is 14.8. The molecule has 3 amide bonds. The number of aromatic nitrogens is 2. The fourth-order valence-electron chi connectivity index (χ4n) is 5.65. The Kier molecular flexibility index (Phi) is 10.7. The van der Waals surface area contributed by atoms with E-state index in [1.54, 1.807) is 26.1 Å². The summed E-state index contributed by atoms with van der Waals surface area (Å²) in [5, 5.41) is 11.3. The molecule has 0 bridgehead atoms. The number of carbonyl (C=O) groups excluding carboxylic acids is 3. The second-order valence-electron chi connectivity index (χ2n) is 13.0. The first-order chi connectivity index (χ1) is 22.8. The standard InChI is InChI=1S/C33H40ClF2N7O5/c1-17(37-5)30(44)42-28(33(2,3)4)32(46)43-11-6-7-24(43)31(45)41-23-13-19-22(14-25(23)48-18-10-12-47-15-18)38-16-39-29(19)40-21-9-8-20(35)26(34)27(21)36/h8-9,13-14,16-18,24,28,37H,6-7,10-12,15H2,1-5H3,(H,41,45)(H,42,44)(H,38,39,40)/t17-,18+,24?,28+/m0/s1. The minimum Gasteiger partial charge on any atom is -0.486 e. The van der Waals surface area contributed by atoms with Crippen LogP contribution in [0.5, 0.6) is 5.75 Å². The average molecular weight is 688 g/mol. The Morgan fingerprint density at radius 2 is 1.90 bits per heavy atom. The van der Waals surface area contributed by atoms with Crippen LogP contribution in [0.3, 0.4) is 0 Å². The number of halogens is 3. The van der Waals surface area contributed by atoms with Gasteiger partial charge in [-0.15, -0.1) is 0 Å². The van der Waals surface area contributed by atoms with Gasteiger partial charge in [0.2, 0.25) is 17.7 Å². The summed E-state index contributed by atoms with van der Waals surface area (Å²) in [5.74, 6) is -2.52. The highest BCUT2D eigenvalue weighted by molar-refractivity contribution is 6.31. The first-order valence-electron chi connectivity index (χ1n) is 15.8. The van der Waals surface area contributed by atoms with E-state index in [0.717, 1.165) is 6.07 Å². The van der Waals surface area contributed by atoms with Crippen LogP contribution in [0.25, 0.3) is 10.9 Å². The molecule has 2 aromatic carbocycles. The SMILES string of the molecule is CN[C@@H](C)C(=O)N[C@H](C(=O)N1CCCC1C(=O)Nc1cc2c(Nc3ccc(F)c(Cl)c3F)ncnc2cc1O[C@@H]1CCOC1)C(C)(C)C. The van der Waals surface area contributed by atoms with Gasteiger partial charge in [-0.25, -0.2) is 18.7 Å². The van der Waals surface area contributed by atoms with E-state index in [1.807, 2.05) is 20.8 Å². The third-order valence-electron chi connectivity index (χ3n) is 8.53. The number of likely N-dealkylation sites (N-methyl/N-ethyl adjacent to an activating group) is 1. The highest BCUT2D eigenvalue weighted by Gasteiger charge is 2.42. The summed E-state index contributed by atoms with van der Waals surface area (Å²) in [4.78, 5) is 50.8. The van der Waals surface area contributed by atoms with E-state index in [9.17, 15) is 23.2 Å². The lowest BCUT2D eigenvalue weighted by Gasteiger charge is -2.36. The first-order valence-corrected chi connectivity index (χ1v) is 16.2. The molecule has 4 N–H and O–H groups in total. The second kappa shape index (κ2) is 14.5. The monoisotopic (exact) mass is 687 g/mol. The van der Waals surface area contributed by atoms with Gasteiger partial charge in [0.15, 0.2) is 5.82 Å². The van der Waals surface area contributed by atoms with Crippen molar-refractivity contribution in [2.24, 2.45) is 5.41 Å². The van der Waals surface area contributed by atoms with Crippen molar-refractivity contribution in [3.05, 3.63) is 47.2 Å². The summed E-state index contributed by atoms with van der Waals surface area (Å²) < 4.78 is 40.3. The zero-order valence-corrected chi connectivity index (χ0v) is 28.2. The van der Waals surface area contributed by atoms with E-state index in [4.69, 9.17) is 21.1 Å². The molecule has 258 valence electrons. The largest absolute Gasteiger partial charge is 0.486 e. The van der Waals surface area contributed by atoms with Gasteiger partial charge in [-0.05, 0) is 50.4 Å². The molecule has 2 saturated heterocycles. The number of nitrogens with zero attached hydrogens (tertiary/aromatic N) is 3. The van der Waals surface area contributed by atoms with Gasteiger partial charge in [-0.2, -0.15) is 0 Å². The molecular formula is C33H40ClF2N7O5. The number of nitrogens with one attached hydrogen (secondary N) is 4. The Morgan fingerprint density at radius 1 is 1.12 bits per heavy atom. The lowest BCUT2D eigenvalue weighted by molar-refractivity contribution is -0.143. The summed E-state index contributed by atoms with van der Waals surface area (Å²) in [7, 11) is 1.66. The topological polar surface area (TPSA) is 147 Å². The zero-order chi connectivity index (χ0) is 34.7. The molecule has 12 nitrogen and oxygen atoms in total. The molecule has 0 radical (unpaired) electrons. The first kappa shape index (κ1) is 35.2. The minimum atomic E-state index is -0.991. The van der Waals surface area contributed by atoms with Gasteiger partial charge in [-0.3, -0.25) is 14.4 Å². The molecule has 2 fully saturated rings. The van der Waals surface area contributed by atoms with Gasteiger partial charge < -0.3 is 35.6 Å². The van der Waals surface area contributed by atoms with Gasteiger partial charge in [0, 0.05) is 24.4 Å². The quantitative estimate of drug-likeness (QED) is 0.226. The lowest BCUT2D eigenvalue weighted by atomic mass is 9.85. The molecule has 48 heavy (non-hydrogen) atoms. The highest BCUT2D eigenvalue weighted by atomic mass is 35.5. The van der Waals surface area contributed by atoms with Gasteiger partial charge >= 0.3 is 0 Å². The van der Waals surface area contributed by atoms with Crippen LogP contribution in [-0.2, 0) is 19.1 Å². The number of benzene rings is 2. The lowest BCUT2D eigenvalue weighted by Crippen LogP contribution is -2.59. The van der Waals surface area contributed by atoms with E-state index < -0.39 is 46.1 Å². The van der Waals surface area contributed by atoms with Crippen LogP contribution in [-0.4, -0.2) is 83.6 Å². The Hall–Kier alpha value is -4.14. The van der Waals surface area contributed by atoms with Crippen LogP contribution in [0.4, 0.5) is 26.0 Å². The summed E-state index contributed by atoms with van der Waals surface area (Å²) in [6, 6.07) is 3.25. The molecule has 5 rings (SSSR count). The molecule has 0 spiro atoms. The minimum absolute atomic E-state index is 0.111. The fraction of sp³-hybridized carbons (Fsp3) is 0.485. The predicted octanol–water partition coefficient (Wildman–Crippen LogP) is 4.54. The Balaban J connectivity index is 1.46. The number of likely N-dealkylation sites (tertiary alicyclic amines) is 1. The number of hydrogen-bond acceptors (Lipinski definition) is 9. The van der Waals surface area contributed by atoms with Crippen LogP contribution in [0.1, 0.15) is 47.0 Å². The van der Waals surface area contributed by atoms with Gasteiger partial charge in [0.25, 0.3) is 0 Å². The van der Waals surface area contributed by atoms with Gasteiger partial charge in [0.1, 0.15) is 46.9 Å². The second-order valence-corrected chi connectivity index (χ2v) is 13.4. The molecule has 2 aliphatic rings. The Morgan fingerprint density at radius 3 is 2.58 bits per heavy atom. The summed E-state index contributed by atoms with van der Waals surface area (Å²) in [5.41, 5.74) is -0.0486. The van der Waals surface area contributed by atoms with E-state index in [0.29, 0.717) is 55.7 Å². The molecule has 2 aliphatic heterocycles. The number of ether oxygens (including phenoxy) is 2. The van der Waals surface area contributed by atoms with Crippen molar-refractivity contribution in [1.29, 1.82) is 0 Å². The van der Waals surface area contributed by atoms with Crippen LogP contribution >= 0.6 is 11.6 Å². The van der Waals surface area contributed by atoms with Crippen molar-refractivity contribution in [2.45, 2.75) is 71.2 Å². The third kappa shape index (κ3) is 7.61. The molecule has 1 aromatic heterocycles. The van der Waals surface area contributed by atoms with E-state index in [1.165, 1.54) is 17.3 Å². The van der Waals surface area contributed by atoms with Crippen molar-refractivity contribution in [3.63, 3.8) is 0 Å². The van der Waals surface area contributed by atoms with Crippen molar-refractivity contribution in [1.82, 2.24) is 25.5 Å². The molecule has 15 heteroatoms. The average Bonchev–Trinajstić information content (AvgIpc) is 3.76. The number of hydrogen-bond donors (Lipinski definition) is 4. The molecule has 3 aromatic rings. The maximum Gasteiger partial charge on any atom is 0.247 e. The normalized spacial score (nSPS) is 19.2. The molecular weight excluding hydrogens is 648 g/mol. The Bertz CT molecular complexity index is 1700. The molecule has 4 atom stereocenters. The predicted molar refractivity (Wildman–Crippen MR) is 177 cm³/mol. The van der Waals surface area contributed by atoms with Crippen LogP contribution in [0.15, 0.2) is 30.6 Å². The van der Waals surface area contributed by atoms with Crippen LogP contribution in [0.2, 0.25) is 5.02 Å². The number of anilines is 3. The van der Waals surface area contributed by atoms with Gasteiger partial charge in [0.05, 0.1) is 36.1 Å². The molecule has 0 aliphatic carbocycles. The number of fused-ring (bicyclic) bond motifs is 1. The number of carbonyl (C=O) groups is 3. The molecule has 3 heterocycles. The van der Waals surface area contributed by atoms with E-state index >= 15 is 0 Å². The van der Waals surface area contributed by atoms with E-state index in [2.05, 4.69) is 31.2 Å². The maximum atomic E-state index is 14.8. The van der Waals surface area contributed by atoms with Crippen LogP contribution in [0, 0.1) is 17.0 Å².